The minimum absolute atomic E-state index is 0.00467. The molecule has 1 unspecified atom stereocenters. The van der Waals surface area contributed by atoms with Crippen LogP contribution in [0, 0.1) is 13.8 Å². The van der Waals surface area contributed by atoms with Crippen LogP contribution in [0.5, 0.6) is 0 Å². The van der Waals surface area contributed by atoms with E-state index in [0.717, 1.165) is 30.1 Å². The first-order chi connectivity index (χ1) is 9.11. The van der Waals surface area contributed by atoms with Crippen molar-refractivity contribution in [2.24, 2.45) is 0 Å². The molecule has 6 heteroatoms. The first-order valence-corrected chi connectivity index (χ1v) is 7.51. The van der Waals surface area contributed by atoms with Crippen LogP contribution in [0.3, 0.4) is 0 Å². The molecule has 1 saturated heterocycles. The number of rotatable bonds is 5. The van der Waals surface area contributed by atoms with Gasteiger partial charge in [0.25, 0.3) is 5.91 Å². The Balaban J connectivity index is 2.08. The summed E-state index contributed by atoms with van der Waals surface area (Å²) in [5.74, 6) is -0.00847. The number of carbonyl (C=O) groups excluding carboxylic acids is 1. The Labute approximate surface area is 117 Å². The summed E-state index contributed by atoms with van der Waals surface area (Å²) in [6.45, 7) is 5.83. The van der Waals surface area contributed by atoms with Gasteiger partial charge in [0.1, 0.15) is 4.88 Å². The topological polar surface area (TPSA) is 65.5 Å². The highest BCUT2D eigenvalue weighted by Gasteiger charge is 2.24. The van der Waals surface area contributed by atoms with Crippen LogP contribution >= 0.6 is 11.3 Å². The minimum atomic E-state index is -0.00847. The second-order valence-corrected chi connectivity index (χ2v) is 6.12. The van der Waals surface area contributed by atoms with E-state index in [0.29, 0.717) is 24.0 Å². The van der Waals surface area contributed by atoms with Gasteiger partial charge in [-0.25, -0.2) is 4.98 Å². The standard InChI is InChI=1S/C13H21N3O2S/c1-9-12(19-10(2)15-9)13(18)16(6-7-17)8-11-4-3-5-14-11/h11,14,17H,3-8H2,1-2H3. The Hall–Kier alpha value is -0.980. The van der Waals surface area contributed by atoms with Gasteiger partial charge in [0, 0.05) is 19.1 Å². The molecule has 1 fully saturated rings. The van der Waals surface area contributed by atoms with E-state index in [2.05, 4.69) is 10.3 Å². The maximum absolute atomic E-state index is 12.5. The van der Waals surface area contributed by atoms with Gasteiger partial charge in [-0.05, 0) is 33.2 Å². The van der Waals surface area contributed by atoms with Crippen LogP contribution < -0.4 is 5.32 Å². The van der Waals surface area contributed by atoms with Crippen molar-refractivity contribution in [1.29, 1.82) is 0 Å². The van der Waals surface area contributed by atoms with Gasteiger partial charge in [0.05, 0.1) is 17.3 Å². The van der Waals surface area contributed by atoms with Crippen LogP contribution in [0.25, 0.3) is 0 Å². The first-order valence-electron chi connectivity index (χ1n) is 6.69. The molecule has 2 N–H and O–H groups in total. The summed E-state index contributed by atoms with van der Waals surface area (Å²) in [7, 11) is 0. The second-order valence-electron chi connectivity index (χ2n) is 4.92. The third kappa shape index (κ3) is 3.52. The molecular weight excluding hydrogens is 262 g/mol. The van der Waals surface area contributed by atoms with E-state index in [9.17, 15) is 4.79 Å². The molecule has 2 rings (SSSR count). The van der Waals surface area contributed by atoms with Crippen LogP contribution in [0.4, 0.5) is 0 Å². The lowest BCUT2D eigenvalue weighted by Gasteiger charge is -2.24. The number of thiazole rings is 1. The zero-order valence-corrected chi connectivity index (χ0v) is 12.3. The first kappa shape index (κ1) is 14.4. The summed E-state index contributed by atoms with van der Waals surface area (Å²) < 4.78 is 0. The summed E-state index contributed by atoms with van der Waals surface area (Å²) >= 11 is 1.43. The second kappa shape index (κ2) is 6.45. The fourth-order valence-corrected chi connectivity index (χ4v) is 3.34. The molecule has 0 spiro atoms. The number of aliphatic hydroxyl groups excluding tert-OH is 1. The molecule has 1 amide bonds. The maximum atomic E-state index is 12.5. The van der Waals surface area contributed by atoms with Crippen molar-refractivity contribution in [3.05, 3.63) is 15.6 Å². The molecule has 0 aliphatic carbocycles. The minimum Gasteiger partial charge on any atom is -0.395 e. The molecule has 0 radical (unpaired) electrons. The van der Waals surface area contributed by atoms with Crippen molar-refractivity contribution in [1.82, 2.24) is 15.2 Å². The van der Waals surface area contributed by atoms with Gasteiger partial charge in [0.15, 0.2) is 0 Å². The smallest absolute Gasteiger partial charge is 0.265 e. The van der Waals surface area contributed by atoms with Crippen molar-refractivity contribution < 1.29 is 9.90 Å². The quantitative estimate of drug-likeness (QED) is 0.844. The van der Waals surface area contributed by atoms with E-state index >= 15 is 0 Å². The van der Waals surface area contributed by atoms with E-state index in [4.69, 9.17) is 5.11 Å². The van der Waals surface area contributed by atoms with E-state index in [1.807, 2.05) is 13.8 Å². The van der Waals surface area contributed by atoms with E-state index in [-0.39, 0.29) is 12.5 Å². The lowest BCUT2D eigenvalue weighted by molar-refractivity contribution is 0.0710. The average molecular weight is 283 g/mol. The molecule has 0 bridgehead atoms. The van der Waals surface area contributed by atoms with Crippen molar-refractivity contribution in [3.8, 4) is 0 Å². The predicted molar refractivity (Wildman–Crippen MR) is 75.6 cm³/mol. The van der Waals surface area contributed by atoms with E-state index in [1.165, 1.54) is 11.3 Å². The summed E-state index contributed by atoms with van der Waals surface area (Å²) in [5, 5.41) is 13.4. The fraction of sp³-hybridized carbons (Fsp3) is 0.692. The zero-order chi connectivity index (χ0) is 13.8. The van der Waals surface area contributed by atoms with Crippen molar-refractivity contribution in [2.75, 3.05) is 26.2 Å². The number of aliphatic hydroxyl groups is 1. The molecule has 0 saturated carbocycles. The van der Waals surface area contributed by atoms with Crippen LogP contribution in [0.15, 0.2) is 0 Å². The molecule has 5 nitrogen and oxygen atoms in total. The summed E-state index contributed by atoms with van der Waals surface area (Å²) in [6, 6.07) is 0.352. The summed E-state index contributed by atoms with van der Waals surface area (Å²) in [4.78, 5) is 19.3. The Morgan fingerprint density at radius 1 is 1.58 bits per heavy atom. The number of hydrogen-bond donors (Lipinski definition) is 2. The third-order valence-electron chi connectivity index (χ3n) is 3.36. The van der Waals surface area contributed by atoms with Crippen LogP contribution in [-0.4, -0.2) is 53.2 Å². The number of nitrogens with zero attached hydrogens (tertiary/aromatic N) is 2. The lowest BCUT2D eigenvalue weighted by Crippen LogP contribution is -2.42. The molecule has 106 valence electrons. The molecule has 1 atom stereocenters. The molecular formula is C13H21N3O2S. The summed E-state index contributed by atoms with van der Waals surface area (Å²) in [5.41, 5.74) is 0.787. The highest BCUT2D eigenvalue weighted by atomic mass is 32.1. The average Bonchev–Trinajstić information content (AvgIpc) is 2.97. The van der Waals surface area contributed by atoms with Gasteiger partial charge in [-0.15, -0.1) is 11.3 Å². The van der Waals surface area contributed by atoms with Gasteiger partial charge in [0.2, 0.25) is 0 Å². The normalized spacial score (nSPS) is 18.8. The van der Waals surface area contributed by atoms with Gasteiger partial charge < -0.3 is 15.3 Å². The number of amides is 1. The Morgan fingerprint density at radius 2 is 2.37 bits per heavy atom. The van der Waals surface area contributed by atoms with Gasteiger partial charge in [-0.2, -0.15) is 0 Å². The van der Waals surface area contributed by atoms with Gasteiger partial charge >= 0.3 is 0 Å². The monoisotopic (exact) mass is 283 g/mol. The maximum Gasteiger partial charge on any atom is 0.265 e. The number of aromatic nitrogens is 1. The Morgan fingerprint density at radius 3 is 2.89 bits per heavy atom. The van der Waals surface area contributed by atoms with Gasteiger partial charge in [-0.3, -0.25) is 4.79 Å². The third-order valence-corrected chi connectivity index (χ3v) is 4.42. The number of carbonyl (C=O) groups is 1. The SMILES string of the molecule is Cc1nc(C)c(C(=O)N(CCO)CC2CCCN2)s1. The molecule has 1 aliphatic rings. The molecule has 1 aliphatic heterocycles. The van der Waals surface area contributed by atoms with Crippen molar-refractivity contribution >= 4 is 17.2 Å². The van der Waals surface area contributed by atoms with Crippen LogP contribution in [0.2, 0.25) is 0 Å². The molecule has 1 aromatic rings. The van der Waals surface area contributed by atoms with Crippen LogP contribution in [0.1, 0.15) is 33.2 Å². The Bertz CT molecular complexity index is 441. The number of nitrogens with one attached hydrogen (secondary N) is 1. The van der Waals surface area contributed by atoms with E-state index in [1.54, 1.807) is 4.90 Å². The molecule has 0 aromatic carbocycles. The highest BCUT2D eigenvalue weighted by Crippen LogP contribution is 2.20. The highest BCUT2D eigenvalue weighted by molar-refractivity contribution is 7.13. The molecule has 1 aromatic heterocycles. The lowest BCUT2D eigenvalue weighted by atomic mass is 10.2. The Kier molecular flexibility index (Phi) is 4.90. The van der Waals surface area contributed by atoms with Crippen molar-refractivity contribution in [2.45, 2.75) is 32.7 Å². The molecule has 2 heterocycles. The van der Waals surface area contributed by atoms with Crippen molar-refractivity contribution in [3.63, 3.8) is 0 Å². The van der Waals surface area contributed by atoms with E-state index < -0.39 is 0 Å². The number of aryl methyl sites for hydroxylation is 2. The van der Waals surface area contributed by atoms with Gasteiger partial charge in [-0.1, -0.05) is 0 Å². The van der Waals surface area contributed by atoms with Crippen LogP contribution in [-0.2, 0) is 0 Å². The predicted octanol–water partition coefficient (Wildman–Crippen LogP) is 0.946. The summed E-state index contributed by atoms with van der Waals surface area (Å²) in [6.07, 6.45) is 2.25. The zero-order valence-electron chi connectivity index (χ0n) is 11.5. The largest absolute Gasteiger partial charge is 0.395 e. The number of hydrogen-bond acceptors (Lipinski definition) is 5. The molecule has 19 heavy (non-hydrogen) atoms. The fourth-order valence-electron chi connectivity index (χ4n) is 2.45.